The van der Waals surface area contributed by atoms with Gasteiger partial charge in [-0.3, -0.25) is 9.69 Å². The Kier molecular flexibility index (Phi) is 4.92. The second-order valence-electron chi connectivity index (χ2n) is 4.80. The molecule has 0 bridgehead atoms. The first kappa shape index (κ1) is 14.7. The third-order valence-electron chi connectivity index (χ3n) is 3.29. The molecule has 2 rings (SSSR count). The van der Waals surface area contributed by atoms with E-state index in [1.807, 2.05) is 16.3 Å². The molecule has 0 saturated carbocycles. The van der Waals surface area contributed by atoms with Crippen molar-refractivity contribution in [2.45, 2.75) is 13.5 Å². The second-order valence-corrected chi connectivity index (χ2v) is 5.80. The summed E-state index contributed by atoms with van der Waals surface area (Å²) in [6.07, 6.45) is 2.76. The zero-order chi connectivity index (χ0) is 14.5. The van der Waals surface area contributed by atoms with Crippen molar-refractivity contribution >= 4 is 29.3 Å². The number of thiophene rings is 1. The van der Waals surface area contributed by atoms with Crippen LogP contribution in [0, 0.1) is 0 Å². The second kappa shape index (κ2) is 6.67. The Morgan fingerprint density at radius 3 is 2.65 bits per heavy atom. The molecule has 0 aliphatic carbocycles. The normalized spacial score (nSPS) is 16.8. The van der Waals surface area contributed by atoms with Crippen LogP contribution < -0.4 is 0 Å². The standard InChI is InChI=1S/C14H18N2O3S/c1-11(17)16-6-4-15(5-7-16)9-13-8-12(10-20-13)2-3-14(18)19/h2-3,8,10H,4-7,9H2,1H3,(H,18,19). The zero-order valence-electron chi connectivity index (χ0n) is 11.4. The van der Waals surface area contributed by atoms with E-state index in [9.17, 15) is 9.59 Å². The Morgan fingerprint density at radius 1 is 1.35 bits per heavy atom. The SMILES string of the molecule is CC(=O)N1CCN(Cc2cc(C=CC(=O)O)cs2)CC1. The first-order valence-electron chi connectivity index (χ1n) is 6.51. The molecule has 1 fully saturated rings. The maximum atomic E-state index is 11.2. The molecule has 108 valence electrons. The molecule has 1 saturated heterocycles. The Bertz CT molecular complexity index is 516. The van der Waals surface area contributed by atoms with Crippen molar-refractivity contribution in [3.8, 4) is 0 Å². The van der Waals surface area contributed by atoms with Crippen LogP contribution in [0.25, 0.3) is 6.08 Å². The highest BCUT2D eigenvalue weighted by molar-refractivity contribution is 7.10. The summed E-state index contributed by atoms with van der Waals surface area (Å²) in [6.45, 7) is 5.81. The van der Waals surface area contributed by atoms with E-state index in [-0.39, 0.29) is 5.91 Å². The van der Waals surface area contributed by atoms with Crippen molar-refractivity contribution in [2.75, 3.05) is 26.2 Å². The van der Waals surface area contributed by atoms with E-state index < -0.39 is 5.97 Å². The van der Waals surface area contributed by atoms with Crippen LogP contribution in [0.4, 0.5) is 0 Å². The molecule has 5 nitrogen and oxygen atoms in total. The quantitative estimate of drug-likeness (QED) is 0.855. The van der Waals surface area contributed by atoms with E-state index in [1.165, 1.54) is 4.88 Å². The molecule has 2 heterocycles. The zero-order valence-corrected chi connectivity index (χ0v) is 12.2. The number of hydrogen-bond donors (Lipinski definition) is 1. The van der Waals surface area contributed by atoms with Crippen LogP contribution >= 0.6 is 11.3 Å². The molecule has 1 aromatic heterocycles. The molecule has 0 atom stereocenters. The molecule has 0 unspecified atom stereocenters. The highest BCUT2D eigenvalue weighted by Crippen LogP contribution is 2.18. The van der Waals surface area contributed by atoms with Gasteiger partial charge in [0.25, 0.3) is 0 Å². The van der Waals surface area contributed by atoms with Crippen LogP contribution in [0.3, 0.4) is 0 Å². The summed E-state index contributed by atoms with van der Waals surface area (Å²) in [5.74, 6) is -0.792. The number of carbonyl (C=O) groups is 2. The molecule has 1 aliphatic rings. The van der Waals surface area contributed by atoms with Crippen LogP contribution in [0.15, 0.2) is 17.5 Å². The van der Waals surface area contributed by atoms with Gasteiger partial charge in [-0.15, -0.1) is 11.3 Å². The summed E-state index contributed by atoms with van der Waals surface area (Å²) in [7, 11) is 0. The van der Waals surface area contributed by atoms with Crippen molar-refractivity contribution < 1.29 is 14.7 Å². The number of rotatable bonds is 4. The lowest BCUT2D eigenvalue weighted by molar-refractivity contribution is -0.131. The summed E-state index contributed by atoms with van der Waals surface area (Å²) in [4.78, 5) is 27.1. The van der Waals surface area contributed by atoms with Gasteiger partial charge >= 0.3 is 5.97 Å². The number of aliphatic carboxylic acids is 1. The molecule has 1 aliphatic heterocycles. The topological polar surface area (TPSA) is 60.9 Å². The monoisotopic (exact) mass is 294 g/mol. The number of carboxylic acids is 1. The first-order chi connectivity index (χ1) is 9.54. The third kappa shape index (κ3) is 4.18. The van der Waals surface area contributed by atoms with E-state index in [0.29, 0.717) is 0 Å². The van der Waals surface area contributed by atoms with Gasteiger partial charge in [-0.25, -0.2) is 4.79 Å². The van der Waals surface area contributed by atoms with Crippen molar-refractivity contribution in [3.05, 3.63) is 28.0 Å². The van der Waals surface area contributed by atoms with Crippen LogP contribution in [0.2, 0.25) is 0 Å². The van der Waals surface area contributed by atoms with Crippen molar-refractivity contribution in [1.29, 1.82) is 0 Å². The van der Waals surface area contributed by atoms with Gasteiger partial charge in [0, 0.05) is 50.6 Å². The lowest BCUT2D eigenvalue weighted by Gasteiger charge is -2.33. The summed E-state index contributed by atoms with van der Waals surface area (Å²) >= 11 is 1.64. The maximum Gasteiger partial charge on any atom is 0.328 e. The average Bonchev–Trinajstić information content (AvgIpc) is 2.84. The fourth-order valence-corrected chi connectivity index (χ4v) is 3.07. The van der Waals surface area contributed by atoms with E-state index in [0.717, 1.165) is 44.4 Å². The number of carboxylic acid groups (broad SMARTS) is 1. The molecule has 1 aromatic rings. The average molecular weight is 294 g/mol. The Hall–Kier alpha value is -1.66. The number of carbonyl (C=O) groups excluding carboxylic acids is 1. The minimum Gasteiger partial charge on any atom is -0.478 e. The minimum absolute atomic E-state index is 0.141. The lowest BCUT2D eigenvalue weighted by atomic mass is 10.2. The molecule has 0 radical (unpaired) electrons. The van der Waals surface area contributed by atoms with Crippen LogP contribution in [0.5, 0.6) is 0 Å². The van der Waals surface area contributed by atoms with Crippen LogP contribution in [-0.4, -0.2) is 53.0 Å². The van der Waals surface area contributed by atoms with Crippen molar-refractivity contribution in [3.63, 3.8) is 0 Å². The summed E-state index contributed by atoms with van der Waals surface area (Å²) in [6, 6.07) is 2.02. The smallest absolute Gasteiger partial charge is 0.328 e. The van der Waals surface area contributed by atoms with Gasteiger partial charge < -0.3 is 10.0 Å². The predicted octanol–water partition coefficient (Wildman–Crippen LogP) is 1.51. The first-order valence-corrected chi connectivity index (χ1v) is 7.39. The third-order valence-corrected chi connectivity index (χ3v) is 4.23. The Balaban J connectivity index is 1.86. The fraction of sp³-hybridized carbons (Fsp3) is 0.429. The number of piperazine rings is 1. The molecule has 1 N–H and O–H groups in total. The Labute approximate surface area is 122 Å². The van der Waals surface area contributed by atoms with E-state index in [4.69, 9.17) is 5.11 Å². The molecular weight excluding hydrogens is 276 g/mol. The number of hydrogen-bond acceptors (Lipinski definition) is 4. The molecule has 20 heavy (non-hydrogen) atoms. The molecule has 0 aromatic carbocycles. The number of amides is 1. The summed E-state index contributed by atoms with van der Waals surface area (Å²) in [5, 5.41) is 10.5. The van der Waals surface area contributed by atoms with Crippen LogP contribution in [-0.2, 0) is 16.1 Å². The predicted molar refractivity (Wildman–Crippen MR) is 78.5 cm³/mol. The van der Waals surface area contributed by atoms with Gasteiger partial charge in [0.2, 0.25) is 5.91 Å². The molecule has 6 heteroatoms. The van der Waals surface area contributed by atoms with Gasteiger partial charge in [0.1, 0.15) is 0 Å². The highest BCUT2D eigenvalue weighted by atomic mass is 32.1. The van der Waals surface area contributed by atoms with Gasteiger partial charge in [-0.05, 0) is 23.1 Å². The molecule has 1 amide bonds. The highest BCUT2D eigenvalue weighted by Gasteiger charge is 2.18. The Morgan fingerprint density at radius 2 is 2.05 bits per heavy atom. The van der Waals surface area contributed by atoms with Crippen LogP contribution in [0.1, 0.15) is 17.4 Å². The van der Waals surface area contributed by atoms with Gasteiger partial charge in [0.05, 0.1) is 0 Å². The van der Waals surface area contributed by atoms with E-state index in [1.54, 1.807) is 24.3 Å². The van der Waals surface area contributed by atoms with Gasteiger partial charge in [0.15, 0.2) is 0 Å². The number of nitrogens with zero attached hydrogens (tertiary/aromatic N) is 2. The molecular formula is C14H18N2O3S. The summed E-state index contributed by atoms with van der Waals surface area (Å²) in [5.41, 5.74) is 0.926. The lowest BCUT2D eigenvalue weighted by Crippen LogP contribution is -2.47. The minimum atomic E-state index is -0.932. The van der Waals surface area contributed by atoms with Gasteiger partial charge in [-0.1, -0.05) is 0 Å². The maximum absolute atomic E-state index is 11.2. The van der Waals surface area contributed by atoms with E-state index >= 15 is 0 Å². The summed E-state index contributed by atoms with van der Waals surface area (Å²) < 4.78 is 0. The molecule has 0 spiro atoms. The fourth-order valence-electron chi connectivity index (χ4n) is 2.18. The van der Waals surface area contributed by atoms with Crippen molar-refractivity contribution in [2.24, 2.45) is 0 Å². The van der Waals surface area contributed by atoms with Crippen molar-refractivity contribution in [1.82, 2.24) is 9.80 Å². The van der Waals surface area contributed by atoms with E-state index in [2.05, 4.69) is 4.90 Å². The largest absolute Gasteiger partial charge is 0.478 e. The van der Waals surface area contributed by atoms with Gasteiger partial charge in [-0.2, -0.15) is 0 Å².